The number of ether oxygens (including phenoxy) is 1. The lowest BCUT2D eigenvalue weighted by Gasteiger charge is -2.13. The van der Waals surface area contributed by atoms with Crippen LogP contribution in [0.5, 0.6) is 5.75 Å². The molecular weight excluding hydrogens is 381 g/mol. The summed E-state index contributed by atoms with van der Waals surface area (Å²) in [7, 11) is 1.57. The molecule has 6 nitrogen and oxygen atoms in total. The number of thioether (sulfide) groups is 1. The van der Waals surface area contributed by atoms with Crippen LogP contribution in [0.25, 0.3) is 0 Å². The molecule has 0 bridgehead atoms. The highest BCUT2D eigenvalue weighted by atomic mass is 32.2. The number of carbonyl (C=O) groups excluding carboxylic acids is 2. The Morgan fingerprint density at radius 1 is 1.29 bits per heavy atom. The average molecular weight is 401 g/mol. The number of nitrogens with zero attached hydrogens (tertiary/aromatic N) is 2. The molecule has 2 aromatic carbocycles. The second-order valence-corrected chi connectivity index (χ2v) is 7.21. The predicted octanol–water partition coefficient (Wildman–Crippen LogP) is 3.81. The van der Waals surface area contributed by atoms with Crippen LogP contribution in [-0.4, -0.2) is 40.8 Å². The van der Waals surface area contributed by atoms with Crippen molar-refractivity contribution in [3.05, 3.63) is 54.3 Å². The van der Waals surface area contributed by atoms with Crippen LogP contribution in [0.4, 0.5) is 15.8 Å². The molecular formula is C20H20FN3O3S. The number of hydrogen-bond acceptors (Lipinski definition) is 5. The predicted molar refractivity (Wildman–Crippen MR) is 109 cm³/mol. The Labute approximate surface area is 166 Å². The minimum Gasteiger partial charge on any atom is -0.497 e. The quantitative estimate of drug-likeness (QED) is 0.799. The number of halogens is 1. The lowest BCUT2D eigenvalue weighted by atomic mass is 10.2. The van der Waals surface area contributed by atoms with E-state index in [0.717, 1.165) is 0 Å². The molecule has 0 aliphatic carbocycles. The van der Waals surface area contributed by atoms with E-state index in [1.807, 2.05) is 6.92 Å². The number of nitrogens with one attached hydrogen (secondary N) is 1. The molecule has 1 heterocycles. The lowest BCUT2D eigenvalue weighted by Crippen LogP contribution is -2.33. The fraction of sp³-hybridized carbons (Fsp3) is 0.250. The number of methoxy groups -OCH3 is 1. The number of amides is 2. The van der Waals surface area contributed by atoms with Crippen molar-refractivity contribution < 1.29 is 18.7 Å². The van der Waals surface area contributed by atoms with E-state index >= 15 is 0 Å². The summed E-state index contributed by atoms with van der Waals surface area (Å²) >= 11 is 1.22. The number of benzene rings is 2. The molecule has 0 radical (unpaired) electrons. The zero-order valence-corrected chi connectivity index (χ0v) is 16.3. The zero-order chi connectivity index (χ0) is 20.1. The number of amidine groups is 1. The summed E-state index contributed by atoms with van der Waals surface area (Å²) in [6, 6.07) is 12.8. The minimum atomic E-state index is -0.564. The highest BCUT2D eigenvalue weighted by molar-refractivity contribution is 8.15. The van der Waals surface area contributed by atoms with Gasteiger partial charge in [-0.3, -0.25) is 14.5 Å². The number of aliphatic imine (C=N–C) groups is 1. The molecule has 0 aromatic heterocycles. The van der Waals surface area contributed by atoms with Crippen LogP contribution in [0.2, 0.25) is 0 Å². The molecule has 1 fully saturated rings. The van der Waals surface area contributed by atoms with Crippen molar-refractivity contribution in [2.45, 2.75) is 18.6 Å². The Balaban J connectivity index is 1.68. The van der Waals surface area contributed by atoms with Gasteiger partial charge in [0, 0.05) is 18.7 Å². The normalized spacial score (nSPS) is 17.8. The maximum atomic E-state index is 13.4. The Kier molecular flexibility index (Phi) is 6.30. The average Bonchev–Trinajstić information content (AvgIpc) is 2.96. The maximum Gasteiger partial charge on any atom is 0.242 e. The van der Waals surface area contributed by atoms with Crippen molar-refractivity contribution >= 4 is 40.1 Å². The van der Waals surface area contributed by atoms with Gasteiger partial charge >= 0.3 is 0 Å². The second-order valence-electron chi connectivity index (χ2n) is 6.04. The molecule has 1 N–H and O–H groups in total. The molecule has 28 heavy (non-hydrogen) atoms. The fourth-order valence-corrected chi connectivity index (χ4v) is 3.95. The van der Waals surface area contributed by atoms with Gasteiger partial charge in [-0.05, 0) is 49.4 Å². The van der Waals surface area contributed by atoms with Gasteiger partial charge in [0.2, 0.25) is 11.8 Å². The second kappa shape index (κ2) is 8.88. The Morgan fingerprint density at radius 2 is 2.04 bits per heavy atom. The summed E-state index contributed by atoms with van der Waals surface area (Å²) in [6.45, 7) is 2.26. The van der Waals surface area contributed by atoms with Gasteiger partial charge in [0.05, 0.1) is 12.8 Å². The van der Waals surface area contributed by atoms with E-state index in [9.17, 15) is 14.0 Å². The highest BCUT2D eigenvalue weighted by Crippen LogP contribution is 2.31. The highest BCUT2D eigenvalue weighted by Gasteiger charge is 2.38. The number of anilines is 1. The van der Waals surface area contributed by atoms with Crippen LogP contribution in [0.1, 0.15) is 13.3 Å². The minimum absolute atomic E-state index is 0.0220. The van der Waals surface area contributed by atoms with Crippen molar-refractivity contribution in [2.24, 2.45) is 4.99 Å². The lowest BCUT2D eigenvalue weighted by molar-refractivity contribution is -0.128. The Morgan fingerprint density at radius 3 is 2.68 bits per heavy atom. The van der Waals surface area contributed by atoms with Crippen LogP contribution < -0.4 is 10.1 Å². The van der Waals surface area contributed by atoms with Crippen molar-refractivity contribution in [2.75, 3.05) is 19.0 Å². The summed E-state index contributed by atoms with van der Waals surface area (Å²) in [5.41, 5.74) is 1.05. The summed E-state index contributed by atoms with van der Waals surface area (Å²) in [4.78, 5) is 30.9. The molecule has 2 aromatic rings. The SMILES string of the molecule is CCN1C(=O)C(CC(=O)Nc2ccc(OC)cc2)SC1=Nc1cccc(F)c1. The van der Waals surface area contributed by atoms with Gasteiger partial charge in [-0.15, -0.1) is 0 Å². The van der Waals surface area contributed by atoms with Gasteiger partial charge in [-0.25, -0.2) is 9.38 Å². The summed E-state index contributed by atoms with van der Waals surface area (Å²) in [5, 5.41) is 2.69. The molecule has 3 rings (SSSR count). The smallest absolute Gasteiger partial charge is 0.242 e. The van der Waals surface area contributed by atoms with Gasteiger partial charge in [0.15, 0.2) is 5.17 Å². The molecule has 0 spiro atoms. The Hall–Kier alpha value is -2.87. The molecule has 2 amide bonds. The summed E-state index contributed by atoms with van der Waals surface area (Å²) < 4.78 is 18.5. The first kappa shape index (κ1) is 19.9. The Bertz CT molecular complexity index is 902. The van der Waals surface area contributed by atoms with E-state index in [2.05, 4.69) is 10.3 Å². The van der Waals surface area contributed by atoms with E-state index < -0.39 is 11.1 Å². The monoisotopic (exact) mass is 401 g/mol. The maximum absolute atomic E-state index is 13.4. The topological polar surface area (TPSA) is 71.0 Å². The molecule has 0 saturated carbocycles. The van der Waals surface area contributed by atoms with Crippen LogP contribution >= 0.6 is 11.8 Å². The standard InChI is InChI=1S/C20H20FN3O3S/c1-3-24-19(26)17(28-20(24)23-15-6-4-5-13(21)11-15)12-18(25)22-14-7-9-16(27-2)10-8-14/h4-11,17H,3,12H2,1-2H3,(H,22,25). The van der Waals surface area contributed by atoms with Crippen molar-refractivity contribution in [1.82, 2.24) is 4.90 Å². The van der Waals surface area contributed by atoms with E-state index in [1.54, 1.807) is 43.5 Å². The van der Waals surface area contributed by atoms with E-state index in [-0.39, 0.29) is 18.2 Å². The van der Waals surface area contributed by atoms with E-state index in [1.165, 1.54) is 28.8 Å². The van der Waals surface area contributed by atoms with Gasteiger partial charge in [-0.1, -0.05) is 17.8 Å². The van der Waals surface area contributed by atoms with Gasteiger partial charge in [0.1, 0.15) is 16.8 Å². The molecule has 146 valence electrons. The third-order valence-electron chi connectivity index (χ3n) is 4.11. The molecule has 1 unspecified atom stereocenters. The first-order valence-corrected chi connectivity index (χ1v) is 9.64. The van der Waals surface area contributed by atoms with Crippen molar-refractivity contribution in [3.8, 4) is 5.75 Å². The third kappa shape index (κ3) is 4.69. The molecule has 1 aliphatic heterocycles. The summed E-state index contributed by atoms with van der Waals surface area (Å²) in [6.07, 6.45) is 0.0220. The van der Waals surface area contributed by atoms with Crippen LogP contribution in [0.3, 0.4) is 0 Å². The zero-order valence-electron chi connectivity index (χ0n) is 15.5. The van der Waals surface area contributed by atoms with Crippen LogP contribution in [0, 0.1) is 5.82 Å². The largest absolute Gasteiger partial charge is 0.497 e. The third-order valence-corrected chi connectivity index (χ3v) is 5.29. The van der Waals surface area contributed by atoms with Crippen molar-refractivity contribution in [1.29, 1.82) is 0 Å². The van der Waals surface area contributed by atoms with Gasteiger partial charge in [0.25, 0.3) is 0 Å². The molecule has 1 saturated heterocycles. The number of hydrogen-bond donors (Lipinski definition) is 1. The van der Waals surface area contributed by atoms with Crippen molar-refractivity contribution in [3.63, 3.8) is 0 Å². The number of carbonyl (C=O) groups is 2. The first-order valence-electron chi connectivity index (χ1n) is 8.76. The molecule has 1 atom stereocenters. The number of rotatable bonds is 6. The van der Waals surface area contributed by atoms with Gasteiger partial charge < -0.3 is 10.1 Å². The fourth-order valence-electron chi connectivity index (χ4n) is 2.73. The molecule has 1 aliphatic rings. The summed E-state index contributed by atoms with van der Waals surface area (Å²) in [5.74, 6) is -0.141. The molecule has 8 heteroatoms. The van der Waals surface area contributed by atoms with Gasteiger partial charge in [-0.2, -0.15) is 0 Å². The first-order chi connectivity index (χ1) is 13.5. The van der Waals surface area contributed by atoms with E-state index in [4.69, 9.17) is 4.74 Å². The van der Waals surface area contributed by atoms with Crippen LogP contribution in [-0.2, 0) is 9.59 Å². The van der Waals surface area contributed by atoms with Crippen LogP contribution in [0.15, 0.2) is 53.5 Å². The van der Waals surface area contributed by atoms with E-state index in [0.29, 0.717) is 28.8 Å².